The van der Waals surface area contributed by atoms with Gasteiger partial charge in [-0.3, -0.25) is 0 Å². The maximum atomic E-state index is 6.89. The minimum absolute atomic E-state index is 0.113. The molecule has 0 fully saturated rings. The van der Waals surface area contributed by atoms with Crippen LogP contribution in [0.5, 0.6) is 11.6 Å². The number of rotatable bonds is 2. The largest absolute Gasteiger partial charge is 0.437 e. The van der Waals surface area contributed by atoms with Crippen molar-refractivity contribution in [2.24, 2.45) is 17.9 Å². The first kappa shape index (κ1) is 23.9. The molecule has 0 saturated heterocycles. The van der Waals surface area contributed by atoms with Crippen LogP contribution >= 0.6 is 0 Å². The van der Waals surface area contributed by atoms with E-state index in [2.05, 4.69) is 115 Å². The van der Waals surface area contributed by atoms with E-state index in [0.717, 1.165) is 35.4 Å². The molecular weight excluding hydrogens is 452 g/mol. The molecular formula is C34H37N2O+. The van der Waals surface area contributed by atoms with Gasteiger partial charge in [0.15, 0.2) is 6.20 Å². The summed E-state index contributed by atoms with van der Waals surface area (Å²) >= 11 is 0. The topological polar surface area (TPSA) is 26.0 Å². The van der Waals surface area contributed by atoms with Crippen molar-refractivity contribution in [3.63, 3.8) is 0 Å². The van der Waals surface area contributed by atoms with E-state index in [9.17, 15) is 0 Å². The van der Waals surface area contributed by atoms with Gasteiger partial charge in [-0.2, -0.15) is 0 Å². The van der Waals surface area contributed by atoms with Gasteiger partial charge in [0, 0.05) is 22.4 Å². The number of nitrogens with zero attached hydrogens (tertiary/aromatic N) is 2. The first-order valence-corrected chi connectivity index (χ1v) is 13.4. The minimum Gasteiger partial charge on any atom is -0.437 e. The van der Waals surface area contributed by atoms with Crippen LogP contribution in [-0.4, -0.2) is 4.98 Å². The number of pyridine rings is 2. The lowest BCUT2D eigenvalue weighted by Crippen LogP contribution is -2.32. The second-order valence-electron chi connectivity index (χ2n) is 13.2. The Labute approximate surface area is 220 Å². The van der Waals surface area contributed by atoms with Crippen molar-refractivity contribution >= 4 is 32.4 Å². The quantitative estimate of drug-likeness (QED) is 0.180. The van der Waals surface area contributed by atoms with E-state index in [0.29, 0.717) is 0 Å². The molecule has 3 aromatic carbocycles. The van der Waals surface area contributed by atoms with E-state index in [1.165, 1.54) is 49.5 Å². The van der Waals surface area contributed by atoms with Crippen LogP contribution in [-0.2, 0) is 19.9 Å². The van der Waals surface area contributed by atoms with Gasteiger partial charge in [0.2, 0.25) is 11.6 Å². The zero-order valence-electron chi connectivity index (χ0n) is 23.4. The number of benzene rings is 3. The Bertz CT molecular complexity index is 1730. The summed E-state index contributed by atoms with van der Waals surface area (Å²) < 4.78 is 9.15. The van der Waals surface area contributed by atoms with Crippen LogP contribution < -0.4 is 9.30 Å². The number of aromatic nitrogens is 2. The maximum Gasteiger partial charge on any atom is 0.234 e. The normalized spacial score (nSPS) is 13.3. The fourth-order valence-electron chi connectivity index (χ4n) is 6.17. The highest BCUT2D eigenvalue weighted by atomic mass is 16.5. The van der Waals surface area contributed by atoms with Crippen LogP contribution in [0.15, 0.2) is 54.7 Å². The number of hydrogen-bond donors (Lipinski definition) is 0. The molecule has 0 atom stereocenters. The van der Waals surface area contributed by atoms with Gasteiger partial charge >= 0.3 is 0 Å². The Morgan fingerprint density at radius 2 is 1.49 bits per heavy atom. The summed E-state index contributed by atoms with van der Waals surface area (Å²) in [5, 5.41) is 6.17. The van der Waals surface area contributed by atoms with Gasteiger partial charge < -0.3 is 4.74 Å². The predicted octanol–water partition coefficient (Wildman–Crippen LogP) is 8.62. The number of aryl methyl sites for hydroxylation is 2. The predicted molar refractivity (Wildman–Crippen MR) is 154 cm³/mol. The summed E-state index contributed by atoms with van der Waals surface area (Å²) in [7, 11) is 2.15. The molecule has 1 aliphatic rings. The monoisotopic (exact) mass is 489 g/mol. The van der Waals surface area contributed by atoms with Gasteiger partial charge in [-0.1, -0.05) is 77.9 Å². The molecule has 0 saturated carbocycles. The summed E-state index contributed by atoms with van der Waals surface area (Å²) in [4.78, 5) is 5.18. The van der Waals surface area contributed by atoms with Crippen molar-refractivity contribution in [2.45, 2.75) is 61.3 Å². The van der Waals surface area contributed by atoms with Crippen LogP contribution in [0.1, 0.15) is 58.2 Å². The molecule has 37 heavy (non-hydrogen) atoms. The molecule has 0 aliphatic carbocycles. The lowest BCUT2D eigenvalue weighted by molar-refractivity contribution is -0.659. The first-order chi connectivity index (χ1) is 17.4. The van der Waals surface area contributed by atoms with E-state index in [-0.39, 0.29) is 10.8 Å². The second-order valence-corrected chi connectivity index (χ2v) is 13.2. The third-order valence-electron chi connectivity index (χ3n) is 7.55. The maximum absolute atomic E-state index is 6.89. The van der Waals surface area contributed by atoms with Crippen molar-refractivity contribution in [3.8, 4) is 22.9 Å². The molecule has 0 radical (unpaired) electrons. The fourth-order valence-corrected chi connectivity index (χ4v) is 6.17. The van der Waals surface area contributed by atoms with Crippen molar-refractivity contribution in [1.82, 2.24) is 4.98 Å². The van der Waals surface area contributed by atoms with E-state index >= 15 is 0 Å². The van der Waals surface area contributed by atoms with Gasteiger partial charge in [0.25, 0.3) is 0 Å². The highest BCUT2D eigenvalue weighted by molar-refractivity contribution is 6.15. The van der Waals surface area contributed by atoms with Crippen LogP contribution in [0.2, 0.25) is 0 Å². The second kappa shape index (κ2) is 8.02. The molecule has 1 aliphatic heterocycles. The summed E-state index contributed by atoms with van der Waals surface area (Å²) in [6.07, 6.45) is 4.13. The number of fused-ring (bicyclic) bond motifs is 5. The van der Waals surface area contributed by atoms with E-state index in [4.69, 9.17) is 9.72 Å². The average Bonchev–Trinajstić information content (AvgIpc) is 2.81. The zero-order chi connectivity index (χ0) is 26.3. The number of hydrogen-bond acceptors (Lipinski definition) is 2. The molecule has 0 amide bonds. The Balaban J connectivity index is 1.77. The Kier molecular flexibility index (Phi) is 5.18. The van der Waals surface area contributed by atoms with Crippen molar-refractivity contribution < 1.29 is 9.30 Å². The first-order valence-electron chi connectivity index (χ1n) is 13.4. The van der Waals surface area contributed by atoms with Crippen molar-refractivity contribution in [3.05, 3.63) is 71.4 Å². The highest BCUT2D eigenvalue weighted by Gasteiger charge is 2.35. The molecule has 0 unspecified atom stereocenters. The van der Waals surface area contributed by atoms with Crippen LogP contribution in [0.25, 0.3) is 43.7 Å². The van der Waals surface area contributed by atoms with Crippen LogP contribution in [0, 0.1) is 17.8 Å². The minimum atomic E-state index is 0.113. The van der Waals surface area contributed by atoms with Crippen molar-refractivity contribution in [2.75, 3.05) is 0 Å². The van der Waals surface area contributed by atoms with Gasteiger partial charge in [-0.15, -0.1) is 0 Å². The van der Waals surface area contributed by atoms with Crippen LogP contribution in [0.4, 0.5) is 0 Å². The van der Waals surface area contributed by atoms with Gasteiger partial charge in [0.05, 0.1) is 11.1 Å². The SMILES string of the molecule is Cc1c2c(c(CC(C)(C)C)c3ccccc13)Oc1nc3cccc(CC(C)(C)C)c3c3cc[n+](C)c-2c13. The van der Waals surface area contributed by atoms with Crippen molar-refractivity contribution in [1.29, 1.82) is 0 Å². The lowest BCUT2D eigenvalue weighted by atomic mass is 9.81. The summed E-state index contributed by atoms with van der Waals surface area (Å²) in [5.74, 6) is 1.69. The average molecular weight is 490 g/mol. The molecule has 0 spiro atoms. The third-order valence-corrected chi connectivity index (χ3v) is 7.55. The standard InChI is InChI=1S/C34H37N2O/c1-20-22-13-9-10-14-23(22)25(19-34(5,6)7)31-27(20)30-29-24(16-17-36(30)8)28-21(18-33(2,3)4)12-11-15-26(28)35-32(29)37-31/h9-17H,18-19H2,1-8H3/q+1. The third kappa shape index (κ3) is 3.87. The molecule has 3 heterocycles. The van der Waals surface area contributed by atoms with Gasteiger partial charge in [0.1, 0.15) is 18.2 Å². The molecule has 3 nitrogen and oxygen atoms in total. The lowest BCUT2D eigenvalue weighted by Gasteiger charge is -2.28. The Morgan fingerprint density at radius 3 is 2.19 bits per heavy atom. The van der Waals surface area contributed by atoms with E-state index in [1.807, 2.05) is 0 Å². The Morgan fingerprint density at radius 1 is 0.784 bits per heavy atom. The molecule has 0 bridgehead atoms. The summed E-state index contributed by atoms with van der Waals surface area (Å²) in [6.45, 7) is 16.0. The summed E-state index contributed by atoms with van der Waals surface area (Å²) in [6, 6.07) is 17.6. The van der Waals surface area contributed by atoms with E-state index < -0.39 is 0 Å². The molecule has 0 N–H and O–H groups in total. The smallest absolute Gasteiger partial charge is 0.234 e. The number of ether oxygens (including phenoxy) is 1. The van der Waals surface area contributed by atoms with Gasteiger partial charge in [-0.05, 0) is 58.6 Å². The molecule has 2 aromatic heterocycles. The zero-order valence-corrected chi connectivity index (χ0v) is 23.4. The fraction of sp³-hybridized carbons (Fsp3) is 0.353. The Hall–Kier alpha value is -3.46. The summed E-state index contributed by atoms with van der Waals surface area (Å²) in [5.41, 5.74) is 7.58. The van der Waals surface area contributed by atoms with Gasteiger partial charge in [-0.25, -0.2) is 9.55 Å². The molecule has 5 aromatic rings. The van der Waals surface area contributed by atoms with Crippen LogP contribution in [0.3, 0.4) is 0 Å². The van der Waals surface area contributed by atoms with E-state index in [1.54, 1.807) is 0 Å². The molecule has 3 heteroatoms. The molecule has 6 rings (SSSR count). The highest BCUT2D eigenvalue weighted by Crippen LogP contribution is 2.52. The molecule has 188 valence electrons.